The zero-order valence-corrected chi connectivity index (χ0v) is 9.59. The van der Waals surface area contributed by atoms with Gasteiger partial charge in [-0.15, -0.1) is 0 Å². The van der Waals surface area contributed by atoms with Crippen molar-refractivity contribution in [3.63, 3.8) is 0 Å². The number of amides is 1. The van der Waals surface area contributed by atoms with E-state index in [2.05, 4.69) is 0 Å². The van der Waals surface area contributed by atoms with Crippen LogP contribution in [0.4, 0.5) is 0 Å². The standard InChI is InChI=1S/C8H8O2.C4H8N2O/c9-8(10)6-7-4-2-1-3-5-7;1-3(5)2-4(6)7/h1-5H,6H2,(H,9,10);2H,5H2,1H3,(H2,6,7). The zero-order chi connectivity index (χ0) is 13.3. The van der Waals surface area contributed by atoms with E-state index in [0.717, 1.165) is 5.56 Å². The highest BCUT2D eigenvalue weighted by Gasteiger charge is 1.96. The summed E-state index contributed by atoms with van der Waals surface area (Å²) < 4.78 is 0. The van der Waals surface area contributed by atoms with Gasteiger partial charge in [0, 0.05) is 11.8 Å². The number of aliphatic carboxylic acids is 1. The molecule has 0 spiro atoms. The summed E-state index contributed by atoms with van der Waals surface area (Å²) in [4.78, 5) is 20.0. The molecule has 0 aliphatic rings. The highest BCUT2D eigenvalue weighted by molar-refractivity contribution is 5.86. The van der Waals surface area contributed by atoms with Gasteiger partial charge in [-0.2, -0.15) is 0 Å². The molecule has 0 aromatic heterocycles. The minimum atomic E-state index is -0.786. The van der Waals surface area contributed by atoms with E-state index in [1.165, 1.54) is 6.08 Å². The molecule has 0 saturated carbocycles. The molecule has 0 fully saturated rings. The van der Waals surface area contributed by atoms with Crippen LogP contribution in [0.5, 0.6) is 0 Å². The summed E-state index contributed by atoms with van der Waals surface area (Å²) in [5, 5.41) is 8.37. The molecule has 0 aliphatic carbocycles. The van der Waals surface area contributed by atoms with E-state index in [-0.39, 0.29) is 6.42 Å². The second-order valence-corrected chi connectivity index (χ2v) is 3.35. The largest absolute Gasteiger partial charge is 0.481 e. The van der Waals surface area contributed by atoms with Crippen LogP contribution in [0.25, 0.3) is 0 Å². The van der Waals surface area contributed by atoms with E-state index in [4.69, 9.17) is 16.6 Å². The smallest absolute Gasteiger partial charge is 0.307 e. The molecular formula is C12H16N2O3. The van der Waals surface area contributed by atoms with Gasteiger partial charge < -0.3 is 16.6 Å². The van der Waals surface area contributed by atoms with E-state index in [0.29, 0.717) is 5.70 Å². The molecule has 0 bridgehead atoms. The Morgan fingerprint density at radius 3 is 2.06 bits per heavy atom. The van der Waals surface area contributed by atoms with E-state index in [1.54, 1.807) is 19.1 Å². The van der Waals surface area contributed by atoms with Gasteiger partial charge in [-0.25, -0.2) is 0 Å². The lowest BCUT2D eigenvalue weighted by Crippen LogP contribution is -2.08. The summed E-state index contributed by atoms with van der Waals surface area (Å²) in [6, 6.07) is 9.13. The van der Waals surface area contributed by atoms with Crippen molar-refractivity contribution in [1.82, 2.24) is 0 Å². The number of carbonyl (C=O) groups is 2. The fourth-order valence-corrected chi connectivity index (χ4v) is 0.995. The van der Waals surface area contributed by atoms with E-state index in [9.17, 15) is 9.59 Å². The number of carboxylic acid groups (broad SMARTS) is 1. The molecule has 1 aromatic rings. The summed E-state index contributed by atoms with van der Waals surface area (Å²) >= 11 is 0. The molecule has 0 saturated heterocycles. The van der Waals surface area contributed by atoms with Gasteiger partial charge in [-0.3, -0.25) is 9.59 Å². The molecule has 1 rings (SSSR count). The first-order chi connectivity index (χ1) is 7.91. The molecule has 0 atom stereocenters. The van der Waals surface area contributed by atoms with Crippen molar-refractivity contribution in [2.24, 2.45) is 11.5 Å². The Labute approximate surface area is 99.7 Å². The van der Waals surface area contributed by atoms with E-state index < -0.39 is 11.9 Å². The first-order valence-corrected chi connectivity index (χ1v) is 4.90. The number of rotatable bonds is 3. The number of hydrogen-bond donors (Lipinski definition) is 3. The van der Waals surface area contributed by atoms with Crippen LogP contribution in [-0.2, 0) is 16.0 Å². The average molecular weight is 236 g/mol. The van der Waals surface area contributed by atoms with Crippen LogP contribution in [0, 0.1) is 0 Å². The first-order valence-electron chi connectivity index (χ1n) is 4.90. The molecule has 1 amide bonds. The van der Waals surface area contributed by atoms with Crippen molar-refractivity contribution in [1.29, 1.82) is 0 Å². The molecule has 5 nitrogen and oxygen atoms in total. The number of carboxylic acids is 1. The summed E-state index contributed by atoms with van der Waals surface area (Å²) in [5.41, 5.74) is 11.0. The first kappa shape index (κ1) is 14.7. The van der Waals surface area contributed by atoms with Crippen molar-refractivity contribution < 1.29 is 14.7 Å². The summed E-state index contributed by atoms with van der Waals surface area (Å²) in [5.74, 6) is -1.29. The molecule has 5 heteroatoms. The Morgan fingerprint density at radius 1 is 1.24 bits per heavy atom. The van der Waals surface area contributed by atoms with Crippen molar-refractivity contribution >= 4 is 11.9 Å². The lowest BCUT2D eigenvalue weighted by Gasteiger charge is -1.92. The normalized spacial score (nSPS) is 10.1. The van der Waals surface area contributed by atoms with Crippen molar-refractivity contribution in [2.45, 2.75) is 13.3 Å². The Balaban J connectivity index is 0.000000325. The van der Waals surface area contributed by atoms with Crippen LogP contribution in [0.1, 0.15) is 12.5 Å². The Hall–Kier alpha value is -2.30. The van der Waals surface area contributed by atoms with Crippen molar-refractivity contribution in [3.05, 3.63) is 47.7 Å². The molecule has 17 heavy (non-hydrogen) atoms. The molecular weight excluding hydrogens is 220 g/mol. The van der Waals surface area contributed by atoms with Crippen LogP contribution in [0.2, 0.25) is 0 Å². The van der Waals surface area contributed by atoms with Gasteiger partial charge in [0.25, 0.3) is 0 Å². The molecule has 1 aromatic carbocycles. The van der Waals surface area contributed by atoms with E-state index in [1.807, 2.05) is 18.2 Å². The number of allylic oxidation sites excluding steroid dienone is 1. The highest BCUT2D eigenvalue weighted by Crippen LogP contribution is 1.98. The number of benzene rings is 1. The maximum atomic E-state index is 10.2. The Morgan fingerprint density at radius 2 is 1.76 bits per heavy atom. The van der Waals surface area contributed by atoms with Gasteiger partial charge in [0.15, 0.2) is 0 Å². The quantitative estimate of drug-likeness (QED) is 0.670. The van der Waals surface area contributed by atoms with Crippen LogP contribution >= 0.6 is 0 Å². The Kier molecular flexibility index (Phi) is 6.85. The molecule has 0 aliphatic heterocycles. The maximum Gasteiger partial charge on any atom is 0.307 e. The number of primary amides is 1. The molecule has 0 radical (unpaired) electrons. The predicted octanol–water partition coefficient (Wildman–Crippen LogP) is 0.648. The summed E-state index contributed by atoms with van der Waals surface area (Å²) in [6.07, 6.45) is 1.28. The van der Waals surface area contributed by atoms with Crippen LogP contribution in [-0.4, -0.2) is 17.0 Å². The molecule has 0 unspecified atom stereocenters. The molecule has 5 N–H and O–H groups in total. The van der Waals surface area contributed by atoms with Crippen LogP contribution in [0.3, 0.4) is 0 Å². The van der Waals surface area contributed by atoms with Crippen molar-refractivity contribution in [3.8, 4) is 0 Å². The van der Waals surface area contributed by atoms with Crippen LogP contribution < -0.4 is 11.5 Å². The van der Waals surface area contributed by atoms with Crippen molar-refractivity contribution in [2.75, 3.05) is 0 Å². The lowest BCUT2D eigenvalue weighted by molar-refractivity contribution is -0.136. The minimum absolute atomic E-state index is 0.112. The number of hydrogen-bond acceptors (Lipinski definition) is 3. The van der Waals surface area contributed by atoms with E-state index >= 15 is 0 Å². The highest BCUT2D eigenvalue weighted by atomic mass is 16.4. The summed E-state index contributed by atoms with van der Waals surface area (Å²) in [7, 11) is 0. The number of nitrogens with two attached hydrogens (primary N) is 2. The van der Waals surface area contributed by atoms with Gasteiger partial charge in [0.05, 0.1) is 6.42 Å². The fourth-order valence-electron chi connectivity index (χ4n) is 0.995. The third kappa shape index (κ3) is 9.99. The summed E-state index contributed by atoms with van der Waals surface area (Å²) in [6.45, 7) is 1.60. The number of carbonyl (C=O) groups excluding carboxylic acids is 1. The van der Waals surface area contributed by atoms with Gasteiger partial charge in [0.1, 0.15) is 0 Å². The van der Waals surface area contributed by atoms with Gasteiger partial charge in [-0.05, 0) is 12.5 Å². The predicted molar refractivity (Wildman–Crippen MR) is 64.9 cm³/mol. The fraction of sp³-hybridized carbons (Fsp3) is 0.167. The molecule has 92 valence electrons. The Bertz CT molecular complexity index is 395. The minimum Gasteiger partial charge on any atom is -0.481 e. The molecule has 0 heterocycles. The topological polar surface area (TPSA) is 106 Å². The third-order valence-corrected chi connectivity index (χ3v) is 1.57. The lowest BCUT2D eigenvalue weighted by atomic mass is 10.2. The average Bonchev–Trinajstić information content (AvgIpc) is 2.16. The SMILES string of the molecule is CC(N)=CC(N)=O.O=C(O)Cc1ccccc1. The third-order valence-electron chi connectivity index (χ3n) is 1.57. The monoisotopic (exact) mass is 236 g/mol. The van der Waals surface area contributed by atoms with Crippen LogP contribution in [0.15, 0.2) is 42.1 Å². The van der Waals surface area contributed by atoms with Gasteiger partial charge >= 0.3 is 5.97 Å². The second kappa shape index (κ2) is 7.92. The zero-order valence-electron chi connectivity index (χ0n) is 9.59. The van der Waals surface area contributed by atoms with Gasteiger partial charge in [0.2, 0.25) is 5.91 Å². The maximum absolute atomic E-state index is 10.2. The van der Waals surface area contributed by atoms with Gasteiger partial charge in [-0.1, -0.05) is 30.3 Å². The second-order valence-electron chi connectivity index (χ2n) is 3.35.